The lowest BCUT2D eigenvalue weighted by Crippen LogP contribution is -1.95. The van der Waals surface area contributed by atoms with Crippen LogP contribution in [0.3, 0.4) is 0 Å². The molecule has 0 aliphatic carbocycles. The van der Waals surface area contributed by atoms with Crippen LogP contribution in [-0.2, 0) is 0 Å². The van der Waals surface area contributed by atoms with E-state index in [0.717, 1.165) is 5.69 Å². The lowest BCUT2D eigenvalue weighted by molar-refractivity contribution is 0.563. The Labute approximate surface area is 49.9 Å². The van der Waals surface area contributed by atoms with Gasteiger partial charge in [-0.2, -0.15) is 0 Å². The van der Waals surface area contributed by atoms with E-state index in [1.165, 1.54) is 0 Å². The fourth-order valence-corrected chi connectivity index (χ4v) is 0.781. The van der Waals surface area contributed by atoms with Crippen molar-refractivity contribution in [1.82, 2.24) is 9.97 Å². The number of oxazole rings is 1. The van der Waals surface area contributed by atoms with Crippen LogP contribution < -0.4 is 5.63 Å². The van der Waals surface area contributed by atoms with Crippen LogP contribution in [0, 0.1) is 6.92 Å². The van der Waals surface area contributed by atoms with Crippen LogP contribution in [0.4, 0.5) is 0 Å². The number of nitrogens with zero attached hydrogens (tertiary/aromatic N) is 1. The van der Waals surface area contributed by atoms with Gasteiger partial charge in [-0.1, -0.05) is 0 Å². The van der Waals surface area contributed by atoms with E-state index in [1.54, 1.807) is 6.92 Å². The van der Waals surface area contributed by atoms with Gasteiger partial charge in [0.25, 0.3) is 0 Å². The van der Waals surface area contributed by atoms with Gasteiger partial charge in [-0.15, -0.1) is 0 Å². The summed E-state index contributed by atoms with van der Waals surface area (Å²) in [6.07, 6.45) is 0. The minimum Gasteiger partial charge on any atom is -0.402 e. The first kappa shape index (κ1) is 4.55. The number of fused-ring (bicyclic) bond motifs is 2. The maximum atomic E-state index is 10.5. The fourth-order valence-electron chi connectivity index (χ4n) is 0.781. The molecule has 0 amide bonds. The molecule has 2 bridgehead atoms. The molecule has 0 fully saturated rings. The largest absolute Gasteiger partial charge is 0.402 e. The highest BCUT2D eigenvalue weighted by atomic mass is 16.4. The quantitative estimate of drug-likeness (QED) is 0.548. The standard InChI is InChI=1S/C5H4N2O2/c1-2-4-7-3(6-2)5(8)9-4/h1H3,(H,6,7). The number of hydrogen-bond acceptors (Lipinski definition) is 3. The molecule has 2 rings (SSSR count). The predicted molar refractivity (Wildman–Crippen MR) is 30.6 cm³/mol. The molecule has 2 aromatic heterocycles. The summed E-state index contributed by atoms with van der Waals surface area (Å²) in [5, 5.41) is 0. The number of aromatic nitrogens is 2. The molecule has 0 spiro atoms. The van der Waals surface area contributed by atoms with E-state index in [2.05, 4.69) is 14.4 Å². The summed E-state index contributed by atoms with van der Waals surface area (Å²) in [5.74, 6) is 0. The van der Waals surface area contributed by atoms with Gasteiger partial charge in [0, 0.05) is 0 Å². The van der Waals surface area contributed by atoms with E-state index in [1.807, 2.05) is 0 Å². The molecular formula is C5H4N2O2. The van der Waals surface area contributed by atoms with Crippen LogP contribution in [0.25, 0.3) is 11.4 Å². The summed E-state index contributed by atoms with van der Waals surface area (Å²) in [7, 11) is 0. The highest BCUT2D eigenvalue weighted by Gasteiger charge is 2.07. The van der Waals surface area contributed by atoms with Gasteiger partial charge in [0.2, 0.25) is 11.4 Å². The Morgan fingerprint density at radius 2 is 2.44 bits per heavy atom. The van der Waals surface area contributed by atoms with Crippen molar-refractivity contribution in [2.24, 2.45) is 0 Å². The maximum Gasteiger partial charge on any atom is 0.381 e. The van der Waals surface area contributed by atoms with E-state index in [9.17, 15) is 4.79 Å². The minimum absolute atomic E-state index is 0.308. The zero-order valence-corrected chi connectivity index (χ0v) is 4.76. The molecular weight excluding hydrogens is 120 g/mol. The summed E-state index contributed by atoms with van der Waals surface area (Å²) in [6.45, 7) is 1.78. The minimum atomic E-state index is -0.379. The van der Waals surface area contributed by atoms with E-state index in [4.69, 9.17) is 0 Å². The van der Waals surface area contributed by atoms with Crippen LogP contribution in [0.2, 0.25) is 0 Å². The summed E-state index contributed by atoms with van der Waals surface area (Å²) in [6, 6.07) is 0. The third kappa shape index (κ3) is 0.419. The van der Waals surface area contributed by atoms with E-state index in [-0.39, 0.29) is 5.63 Å². The number of rotatable bonds is 0. The SMILES string of the molecule is Cc1nc2[nH]c1oc2=O. The van der Waals surface area contributed by atoms with Crippen LogP contribution in [0.5, 0.6) is 0 Å². The molecule has 0 atom stereocenters. The van der Waals surface area contributed by atoms with E-state index < -0.39 is 0 Å². The third-order valence-electron chi connectivity index (χ3n) is 1.23. The smallest absolute Gasteiger partial charge is 0.381 e. The third-order valence-corrected chi connectivity index (χ3v) is 1.23. The number of imidazole rings is 1. The molecule has 4 heteroatoms. The molecule has 0 aromatic carbocycles. The molecule has 0 unspecified atom stereocenters. The Morgan fingerprint density at radius 1 is 1.67 bits per heavy atom. The second-order valence-corrected chi connectivity index (χ2v) is 1.89. The van der Waals surface area contributed by atoms with E-state index >= 15 is 0 Å². The molecule has 0 saturated carbocycles. The van der Waals surface area contributed by atoms with Gasteiger partial charge in [-0.3, -0.25) is 0 Å². The Bertz CT molecular complexity index is 372. The number of aromatic amines is 1. The van der Waals surface area contributed by atoms with E-state index in [0.29, 0.717) is 11.4 Å². The first-order chi connectivity index (χ1) is 4.27. The molecule has 2 aromatic rings. The Hall–Kier alpha value is -1.32. The van der Waals surface area contributed by atoms with Crippen molar-refractivity contribution >= 4 is 11.4 Å². The normalized spacial score (nSPS) is 11.2. The number of aryl methyl sites for hydroxylation is 1. The van der Waals surface area contributed by atoms with Crippen molar-refractivity contribution in [2.45, 2.75) is 6.92 Å². The summed E-state index contributed by atoms with van der Waals surface area (Å²) in [5.41, 5.74) is 1.15. The average Bonchev–Trinajstić information content (AvgIpc) is 2.24. The van der Waals surface area contributed by atoms with Crippen LogP contribution >= 0.6 is 0 Å². The molecule has 0 aliphatic rings. The zero-order chi connectivity index (χ0) is 6.43. The Morgan fingerprint density at radius 3 is 2.78 bits per heavy atom. The van der Waals surface area contributed by atoms with Gasteiger partial charge in [-0.05, 0) is 6.92 Å². The lowest BCUT2D eigenvalue weighted by atomic mass is 10.5. The highest BCUT2D eigenvalue weighted by molar-refractivity contribution is 5.51. The number of H-pyrrole nitrogens is 1. The van der Waals surface area contributed by atoms with Gasteiger partial charge in [0.15, 0.2) is 0 Å². The van der Waals surface area contributed by atoms with Gasteiger partial charge in [-0.25, -0.2) is 9.78 Å². The van der Waals surface area contributed by atoms with Gasteiger partial charge in [0.05, 0.1) is 0 Å². The molecule has 1 N–H and O–H groups in total. The molecule has 9 heavy (non-hydrogen) atoms. The monoisotopic (exact) mass is 124 g/mol. The maximum absolute atomic E-state index is 10.5. The molecule has 0 aliphatic heterocycles. The molecule has 0 radical (unpaired) electrons. The first-order valence-corrected chi connectivity index (χ1v) is 2.56. The lowest BCUT2D eigenvalue weighted by Gasteiger charge is -1.78. The molecule has 2 heterocycles. The first-order valence-electron chi connectivity index (χ1n) is 2.56. The van der Waals surface area contributed by atoms with Gasteiger partial charge >= 0.3 is 5.63 Å². The zero-order valence-electron chi connectivity index (χ0n) is 4.76. The van der Waals surface area contributed by atoms with Crippen LogP contribution in [-0.4, -0.2) is 9.97 Å². The Kier molecular flexibility index (Phi) is 0.582. The van der Waals surface area contributed by atoms with Crippen molar-refractivity contribution < 1.29 is 4.42 Å². The van der Waals surface area contributed by atoms with Crippen LogP contribution in [0.1, 0.15) is 5.69 Å². The second kappa shape index (κ2) is 1.15. The Balaban J connectivity index is 3.09. The predicted octanol–water partition coefficient (Wildman–Crippen LogP) is 0.262. The van der Waals surface area contributed by atoms with Crippen LogP contribution in [0.15, 0.2) is 9.21 Å². The van der Waals surface area contributed by atoms with Crippen molar-refractivity contribution in [3.63, 3.8) is 0 Å². The molecule has 4 nitrogen and oxygen atoms in total. The second-order valence-electron chi connectivity index (χ2n) is 1.89. The van der Waals surface area contributed by atoms with Crippen molar-refractivity contribution in [1.29, 1.82) is 0 Å². The summed E-state index contributed by atoms with van der Waals surface area (Å²) < 4.78 is 4.67. The molecule has 0 saturated heterocycles. The average molecular weight is 124 g/mol. The highest BCUT2D eigenvalue weighted by Crippen LogP contribution is 2.05. The topological polar surface area (TPSA) is 58.9 Å². The van der Waals surface area contributed by atoms with Gasteiger partial charge < -0.3 is 9.40 Å². The van der Waals surface area contributed by atoms with Crippen molar-refractivity contribution in [3.05, 3.63) is 16.1 Å². The van der Waals surface area contributed by atoms with Gasteiger partial charge in [0.1, 0.15) is 5.69 Å². The van der Waals surface area contributed by atoms with Crippen molar-refractivity contribution in [2.75, 3.05) is 0 Å². The van der Waals surface area contributed by atoms with Crippen molar-refractivity contribution in [3.8, 4) is 0 Å². The number of nitrogens with one attached hydrogen (secondary N) is 1. The summed E-state index contributed by atoms with van der Waals surface area (Å²) in [4.78, 5) is 17.1. The fraction of sp³-hybridized carbons (Fsp3) is 0.200. The molecule has 46 valence electrons. The summed E-state index contributed by atoms with van der Waals surface area (Å²) >= 11 is 0. The number of hydrogen-bond donors (Lipinski definition) is 1.